The molecule has 1 aromatic carbocycles. The number of alkyl halides is 3. The maximum Gasteiger partial charge on any atom is 0.416 e. The van der Waals surface area contributed by atoms with Crippen LogP contribution in [0.2, 0.25) is 0 Å². The van der Waals surface area contributed by atoms with Crippen LogP contribution in [0.5, 0.6) is 0 Å². The first-order valence-corrected chi connectivity index (χ1v) is 6.90. The van der Waals surface area contributed by atoms with Crippen molar-refractivity contribution in [3.63, 3.8) is 0 Å². The van der Waals surface area contributed by atoms with Gasteiger partial charge in [-0.3, -0.25) is 0 Å². The Morgan fingerprint density at radius 1 is 1.45 bits per heavy atom. The van der Waals surface area contributed by atoms with Crippen molar-refractivity contribution >= 4 is 6.03 Å². The summed E-state index contributed by atoms with van der Waals surface area (Å²) in [6.45, 7) is 1.57. The van der Waals surface area contributed by atoms with E-state index >= 15 is 0 Å². The van der Waals surface area contributed by atoms with Crippen molar-refractivity contribution in [1.82, 2.24) is 10.2 Å². The van der Waals surface area contributed by atoms with Crippen LogP contribution in [0.3, 0.4) is 0 Å². The summed E-state index contributed by atoms with van der Waals surface area (Å²) in [7, 11) is 0. The summed E-state index contributed by atoms with van der Waals surface area (Å²) in [5, 5.41) is 2.62. The zero-order chi connectivity index (χ0) is 16.2. The number of nitrogens with two attached hydrogens (primary N) is 1. The molecule has 1 atom stereocenters. The highest BCUT2D eigenvalue weighted by atomic mass is 19.4. The minimum Gasteiger partial charge on any atom is -0.373 e. The van der Waals surface area contributed by atoms with Crippen LogP contribution < -0.4 is 11.1 Å². The molecule has 1 fully saturated rings. The van der Waals surface area contributed by atoms with Gasteiger partial charge in [-0.2, -0.15) is 13.2 Å². The molecule has 1 saturated heterocycles. The molecular formula is C14H18F3N3O2. The Balaban J connectivity index is 1.91. The van der Waals surface area contributed by atoms with Crippen LogP contribution in [0.15, 0.2) is 24.3 Å². The average molecular weight is 317 g/mol. The first-order chi connectivity index (χ1) is 10.4. The Bertz CT molecular complexity index is 522. The summed E-state index contributed by atoms with van der Waals surface area (Å²) < 4.78 is 43.2. The fraction of sp³-hybridized carbons (Fsp3) is 0.500. The summed E-state index contributed by atoms with van der Waals surface area (Å²) >= 11 is 0. The van der Waals surface area contributed by atoms with E-state index in [0.717, 1.165) is 12.1 Å². The summed E-state index contributed by atoms with van der Waals surface area (Å²) in [5.74, 6) is 0. The molecule has 0 spiro atoms. The number of morpholine rings is 1. The molecule has 22 heavy (non-hydrogen) atoms. The number of halogens is 3. The van der Waals surface area contributed by atoms with E-state index in [1.165, 1.54) is 12.1 Å². The van der Waals surface area contributed by atoms with Crippen molar-refractivity contribution in [2.24, 2.45) is 5.73 Å². The molecule has 3 N–H and O–H groups in total. The molecule has 2 rings (SSSR count). The lowest BCUT2D eigenvalue weighted by atomic mass is 10.1. The van der Waals surface area contributed by atoms with Gasteiger partial charge < -0.3 is 20.7 Å². The van der Waals surface area contributed by atoms with Crippen LogP contribution in [0.4, 0.5) is 18.0 Å². The molecule has 1 heterocycles. The fourth-order valence-corrected chi connectivity index (χ4v) is 2.19. The third-order valence-corrected chi connectivity index (χ3v) is 3.39. The molecule has 0 bridgehead atoms. The minimum atomic E-state index is -4.39. The van der Waals surface area contributed by atoms with E-state index in [2.05, 4.69) is 5.32 Å². The second-order valence-electron chi connectivity index (χ2n) is 5.03. The van der Waals surface area contributed by atoms with Crippen LogP contribution in [-0.4, -0.2) is 43.3 Å². The Morgan fingerprint density at radius 2 is 2.23 bits per heavy atom. The number of amides is 2. The maximum absolute atomic E-state index is 12.6. The lowest BCUT2D eigenvalue weighted by Crippen LogP contribution is -2.51. The number of ether oxygens (including phenoxy) is 1. The molecule has 0 aromatic heterocycles. The van der Waals surface area contributed by atoms with E-state index in [-0.39, 0.29) is 18.7 Å². The predicted molar refractivity (Wildman–Crippen MR) is 74.0 cm³/mol. The zero-order valence-electron chi connectivity index (χ0n) is 11.9. The SMILES string of the molecule is NCC1CN(C(=O)NCc2cccc(C(F)(F)F)c2)CCO1. The molecule has 0 saturated carbocycles. The van der Waals surface area contributed by atoms with Crippen molar-refractivity contribution < 1.29 is 22.7 Å². The van der Waals surface area contributed by atoms with E-state index in [4.69, 9.17) is 10.5 Å². The summed E-state index contributed by atoms with van der Waals surface area (Å²) in [4.78, 5) is 13.6. The van der Waals surface area contributed by atoms with E-state index in [0.29, 0.717) is 31.8 Å². The number of nitrogens with one attached hydrogen (secondary N) is 1. The van der Waals surface area contributed by atoms with E-state index in [1.807, 2.05) is 0 Å². The molecular weight excluding hydrogens is 299 g/mol. The van der Waals surface area contributed by atoms with Gasteiger partial charge in [0.05, 0.1) is 18.3 Å². The average Bonchev–Trinajstić information content (AvgIpc) is 2.52. The fourth-order valence-electron chi connectivity index (χ4n) is 2.19. The van der Waals surface area contributed by atoms with Gasteiger partial charge in [-0.1, -0.05) is 12.1 Å². The summed E-state index contributed by atoms with van der Waals surface area (Å²) in [6.07, 6.45) is -4.59. The quantitative estimate of drug-likeness (QED) is 0.889. The molecule has 2 amide bonds. The molecule has 1 aliphatic heterocycles. The van der Waals surface area contributed by atoms with E-state index < -0.39 is 11.7 Å². The third-order valence-electron chi connectivity index (χ3n) is 3.39. The highest BCUT2D eigenvalue weighted by Crippen LogP contribution is 2.29. The highest BCUT2D eigenvalue weighted by molar-refractivity contribution is 5.74. The van der Waals surface area contributed by atoms with Gasteiger partial charge in [0.2, 0.25) is 0 Å². The number of benzene rings is 1. The minimum absolute atomic E-state index is 0.0351. The number of hydrogen-bond donors (Lipinski definition) is 2. The van der Waals surface area contributed by atoms with Crippen LogP contribution >= 0.6 is 0 Å². The number of carbonyl (C=O) groups is 1. The van der Waals surface area contributed by atoms with Gasteiger partial charge >= 0.3 is 12.2 Å². The summed E-state index contributed by atoms with van der Waals surface area (Å²) in [6, 6.07) is 4.56. The Kier molecular flexibility index (Phi) is 5.25. The largest absolute Gasteiger partial charge is 0.416 e. The van der Waals surface area contributed by atoms with Crippen molar-refractivity contribution in [3.8, 4) is 0 Å². The van der Waals surface area contributed by atoms with Crippen LogP contribution in [0.1, 0.15) is 11.1 Å². The van der Waals surface area contributed by atoms with Crippen LogP contribution in [0.25, 0.3) is 0 Å². The van der Waals surface area contributed by atoms with E-state index in [9.17, 15) is 18.0 Å². The third kappa shape index (κ3) is 4.35. The predicted octanol–water partition coefficient (Wildman–Crippen LogP) is 1.57. The van der Waals surface area contributed by atoms with Crippen molar-refractivity contribution in [2.75, 3.05) is 26.2 Å². The number of nitrogens with zero attached hydrogens (tertiary/aromatic N) is 1. The standard InChI is InChI=1S/C14H18F3N3O2/c15-14(16,17)11-3-1-2-10(6-11)8-19-13(21)20-4-5-22-12(7-18)9-20/h1-3,6,12H,4-5,7-9,18H2,(H,19,21). The van der Waals surface area contributed by atoms with Crippen LogP contribution in [-0.2, 0) is 17.5 Å². The van der Waals surface area contributed by atoms with Crippen molar-refractivity contribution in [3.05, 3.63) is 35.4 Å². The van der Waals surface area contributed by atoms with Gasteiger partial charge in [-0.05, 0) is 17.7 Å². The van der Waals surface area contributed by atoms with E-state index in [1.54, 1.807) is 4.90 Å². The van der Waals surface area contributed by atoms with Gasteiger partial charge in [0.15, 0.2) is 0 Å². The van der Waals surface area contributed by atoms with Crippen molar-refractivity contribution in [1.29, 1.82) is 0 Å². The van der Waals surface area contributed by atoms with Crippen LogP contribution in [0, 0.1) is 0 Å². The Labute approximate surface area is 126 Å². The molecule has 1 aliphatic rings. The Morgan fingerprint density at radius 3 is 2.91 bits per heavy atom. The number of carbonyl (C=O) groups excluding carboxylic acids is 1. The normalized spacial score (nSPS) is 19.1. The van der Waals surface area contributed by atoms with Gasteiger partial charge in [-0.15, -0.1) is 0 Å². The Hall–Kier alpha value is -1.80. The monoisotopic (exact) mass is 317 g/mol. The molecule has 1 unspecified atom stereocenters. The topological polar surface area (TPSA) is 67.6 Å². The number of urea groups is 1. The number of rotatable bonds is 3. The van der Waals surface area contributed by atoms with Gasteiger partial charge in [0.1, 0.15) is 0 Å². The molecule has 122 valence electrons. The maximum atomic E-state index is 12.6. The zero-order valence-corrected chi connectivity index (χ0v) is 11.9. The first-order valence-electron chi connectivity index (χ1n) is 6.90. The smallest absolute Gasteiger partial charge is 0.373 e. The summed E-state index contributed by atoms with van der Waals surface area (Å²) in [5.41, 5.74) is 5.17. The lowest BCUT2D eigenvalue weighted by molar-refractivity contribution is -0.137. The molecule has 5 nitrogen and oxygen atoms in total. The number of hydrogen-bond acceptors (Lipinski definition) is 3. The first kappa shape index (κ1) is 16.6. The molecule has 0 radical (unpaired) electrons. The van der Waals surface area contributed by atoms with Gasteiger partial charge in [0, 0.05) is 26.2 Å². The van der Waals surface area contributed by atoms with Gasteiger partial charge in [-0.25, -0.2) is 4.79 Å². The van der Waals surface area contributed by atoms with Crippen molar-refractivity contribution in [2.45, 2.75) is 18.8 Å². The second kappa shape index (κ2) is 6.97. The second-order valence-corrected chi connectivity index (χ2v) is 5.03. The molecule has 1 aromatic rings. The van der Waals surface area contributed by atoms with Gasteiger partial charge in [0.25, 0.3) is 0 Å². The lowest BCUT2D eigenvalue weighted by Gasteiger charge is -2.32. The molecule has 8 heteroatoms. The molecule has 0 aliphatic carbocycles. The highest BCUT2D eigenvalue weighted by Gasteiger charge is 2.30.